The standard InChI is InChI=1S/C22H31N3O/c1-4-5-9-12-25-19-14-18-17(13-16(19)22(2,3)21(25)26)23-20(24-18)15-10-7-6-8-11-15/h13-15H,4-12H2,1-3H3,(H,23,24). The van der Waals surface area contributed by atoms with E-state index in [0.29, 0.717) is 5.92 Å². The number of hydrogen-bond acceptors (Lipinski definition) is 2. The van der Waals surface area contributed by atoms with E-state index in [4.69, 9.17) is 4.98 Å². The van der Waals surface area contributed by atoms with Crippen molar-refractivity contribution in [3.8, 4) is 0 Å². The van der Waals surface area contributed by atoms with Crippen molar-refractivity contribution < 1.29 is 4.79 Å². The average Bonchev–Trinajstić information content (AvgIpc) is 3.14. The van der Waals surface area contributed by atoms with E-state index < -0.39 is 5.41 Å². The number of carbonyl (C=O) groups excluding carboxylic acids is 1. The summed E-state index contributed by atoms with van der Waals surface area (Å²) >= 11 is 0. The summed E-state index contributed by atoms with van der Waals surface area (Å²) in [6.07, 6.45) is 9.85. The molecule has 1 N–H and O–H groups in total. The van der Waals surface area contributed by atoms with Gasteiger partial charge in [0.05, 0.1) is 22.1 Å². The fourth-order valence-electron chi connectivity index (χ4n) is 4.66. The van der Waals surface area contributed by atoms with Crippen LogP contribution in [0.4, 0.5) is 5.69 Å². The Morgan fingerprint density at radius 2 is 1.96 bits per heavy atom. The second-order valence-electron chi connectivity index (χ2n) is 8.63. The lowest BCUT2D eigenvalue weighted by molar-refractivity contribution is -0.122. The van der Waals surface area contributed by atoms with Gasteiger partial charge in [-0.1, -0.05) is 39.0 Å². The third-order valence-corrected chi connectivity index (χ3v) is 6.34. The summed E-state index contributed by atoms with van der Waals surface area (Å²) in [5, 5.41) is 0. The minimum Gasteiger partial charge on any atom is -0.342 e. The summed E-state index contributed by atoms with van der Waals surface area (Å²) in [6.45, 7) is 7.12. The number of unbranched alkanes of at least 4 members (excludes halogenated alkanes) is 2. The zero-order valence-corrected chi connectivity index (χ0v) is 16.4. The Labute approximate surface area is 156 Å². The van der Waals surface area contributed by atoms with Crippen LogP contribution < -0.4 is 4.90 Å². The molecule has 0 unspecified atom stereocenters. The van der Waals surface area contributed by atoms with Crippen LogP contribution in [0.1, 0.15) is 89.4 Å². The lowest BCUT2D eigenvalue weighted by Gasteiger charge is -2.20. The van der Waals surface area contributed by atoms with E-state index in [1.54, 1.807) is 0 Å². The molecular weight excluding hydrogens is 322 g/mol. The molecule has 2 aliphatic rings. The number of aromatic amines is 1. The number of imidazole rings is 1. The van der Waals surface area contributed by atoms with Crippen LogP contribution in [-0.2, 0) is 10.2 Å². The van der Waals surface area contributed by atoms with Crippen LogP contribution in [0.2, 0.25) is 0 Å². The van der Waals surface area contributed by atoms with Gasteiger partial charge >= 0.3 is 0 Å². The normalized spacial score (nSPS) is 20.1. The van der Waals surface area contributed by atoms with E-state index in [0.717, 1.165) is 47.5 Å². The molecule has 4 nitrogen and oxygen atoms in total. The Hall–Kier alpha value is -1.84. The minimum atomic E-state index is -0.453. The zero-order chi connectivity index (χ0) is 18.3. The molecule has 1 amide bonds. The topological polar surface area (TPSA) is 49.0 Å². The van der Waals surface area contributed by atoms with Gasteiger partial charge in [0.1, 0.15) is 5.82 Å². The van der Waals surface area contributed by atoms with E-state index >= 15 is 0 Å². The first-order valence-electron chi connectivity index (χ1n) is 10.4. The Morgan fingerprint density at radius 3 is 2.69 bits per heavy atom. The van der Waals surface area contributed by atoms with Gasteiger partial charge in [-0.15, -0.1) is 0 Å². The molecule has 140 valence electrons. The van der Waals surface area contributed by atoms with Gasteiger partial charge in [-0.2, -0.15) is 0 Å². The van der Waals surface area contributed by atoms with E-state index in [2.05, 4.69) is 37.9 Å². The summed E-state index contributed by atoms with van der Waals surface area (Å²) < 4.78 is 0. The van der Waals surface area contributed by atoms with E-state index in [-0.39, 0.29) is 5.91 Å². The number of carbonyl (C=O) groups is 1. The Kier molecular flexibility index (Phi) is 4.54. The smallest absolute Gasteiger partial charge is 0.237 e. The van der Waals surface area contributed by atoms with Crippen molar-refractivity contribution in [2.24, 2.45) is 0 Å². The Bertz CT molecular complexity index is 814. The first-order valence-corrected chi connectivity index (χ1v) is 10.4. The number of nitrogens with one attached hydrogen (secondary N) is 1. The van der Waals surface area contributed by atoms with Crippen LogP contribution in [0.3, 0.4) is 0 Å². The molecule has 1 saturated carbocycles. The number of benzene rings is 1. The summed E-state index contributed by atoms with van der Waals surface area (Å²) in [6, 6.07) is 4.33. The maximum absolute atomic E-state index is 13.0. The summed E-state index contributed by atoms with van der Waals surface area (Å²) in [5.74, 6) is 1.94. The first-order chi connectivity index (χ1) is 12.5. The van der Waals surface area contributed by atoms with Gasteiger partial charge in [0, 0.05) is 12.5 Å². The summed E-state index contributed by atoms with van der Waals surface area (Å²) in [7, 11) is 0. The zero-order valence-electron chi connectivity index (χ0n) is 16.4. The Balaban J connectivity index is 1.71. The van der Waals surface area contributed by atoms with Crippen LogP contribution in [-0.4, -0.2) is 22.4 Å². The molecule has 1 aromatic heterocycles. The second-order valence-corrected chi connectivity index (χ2v) is 8.63. The molecular formula is C22H31N3O. The minimum absolute atomic E-state index is 0.226. The van der Waals surface area contributed by atoms with Crippen molar-refractivity contribution in [2.75, 3.05) is 11.4 Å². The van der Waals surface area contributed by atoms with Crippen LogP contribution in [0.25, 0.3) is 11.0 Å². The number of aromatic nitrogens is 2. The van der Waals surface area contributed by atoms with Gasteiger partial charge in [-0.25, -0.2) is 4.98 Å². The van der Waals surface area contributed by atoms with E-state index in [1.807, 2.05) is 4.90 Å². The average molecular weight is 354 g/mol. The SMILES string of the molecule is CCCCCN1C(=O)C(C)(C)c2cc3[nH]c(C4CCCCC4)nc3cc21. The fraction of sp³-hybridized carbons (Fsp3) is 0.636. The van der Waals surface area contributed by atoms with Gasteiger partial charge < -0.3 is 9.88 Å². The third-order valence-electron chi connectivity index (χ3n) is 6.34. The number of hydrogen-bond donors (Lipinski definition) is 1. The molecule has 1 fully saturated rings. The molecule has 2 heterocycles. The van der Waals surface area contributed by atoms with Gasteiger partial charge in [0.2, 0.25) is 5.91 Å². The van der Waals surface area contributed by atoms with Crippen molar-refractivity contribution in [3.05, 3.63) is 23.5 Å². The number of nitrogens with zero attached hydrogens (tertiary/aromatic N) is 2. The molecule has 1 aliphatic carbocycles. The molecule has 0 atom stereocenters. The maximum atomic E-state index is 13.0. The molecule has 26 heavy (non-hydrogen) atoms. The number of amides is 1. The predicted octanol–water partition coefficient (Wildman–Crippen LogP) is 5.43. The number of H-pyrrole nitrogens is 1. The second kappa shape index (κ2) is 6.71. The molecule has 0 radical (unpaired) electrons. The number of rotatable bonds is 5. The molecule has 1 aliphatic heterocycles. The number of fused-ring (bicyclic) bond motifs is 2. The largest absolute Gasteiger partial charge is 0.342 e. The van der Waals surface area contributed by atoms with Crippen LogP contribution in [0, 0.1) is 0 Å². The Morgan fingerprint density at radius 1 is 1.19 bits per heavy atom. The first kappa shape index (κ1) is 17.6. The molecule has 1 aromatic carbocycles. The fourth-order valence-corrected chi connectivity index (χ4v) is 4.66. The highest BCUT2D eigenvalue weighted by Gasteiger charge is 2.44. The van der Waals surface area contributed by atoms with E-state index in [9.17, 15) is 4.79 Å². The highest BCUT2D eigenvalue weighted by atomic mass is 16.2. The quantitative estimate of drug-likeness (QED) is 0.729. The van der Waals surface area contributed by atoms with E-state index in [1.165, 1.54) is 38.5 Å². The van der Waals surface area contributed by atoms with Gasteiger partial charge in [0.25, 0.3) is 0 Å². The van der Waals surface area contributed by atoms with Crippen LogP contribution in [0.5, 0.6) is 0 Å². The van der Waals surface area contributed by atoms with Gasteiger partial charge in [0.15, 0.2) is 0 Å². The predicted molar refractivity (Wildman–Crippen MR) is 107 cm³/mol. The summed E-state index contributed by atoms with van der Waals surface area (Å²) in [4.78, 5) is 23.5. The van der Waals surface area contributed by atoms with Crippen molar-refractivity contribution >= 4 is 22.6 Å². The third kappa shape index (κ3) is 2.83. The van der Waals surface area contributed by atoms with Crippen LogP contribution in [0.15, 0.2) is 12.1 Å². The van der Waals surface area contributed by atoms with Gasteiger partial charge in [-0.3, -0.25) is 4.79 Å². The van der Waals surface area contributed by atoms with Crippen LogP contribution >= 0.6 is 0 Å². The highest BCUT2D eigenvalue weighted by Crippen LogP contribution is 2.44. The number of anilines is 1. The molecule has 4 heteroatoms. The molecule has 4 rings (SSSR count). The van der Waals surface area contributed by atoms with Crippen molar-refractivity contribution in [1.29, 1.82) is 0 Å². The molecule has 0 bridgehead atoms. The monoisotopic (exact) mass is 353 g/mol. The van der Waals surface area contributed by atoms with Crippen molar-refractivity contribution in [2.45, 2.75) is 83.5 Å². The lowest BCUT2D eigenvalue weighted by Crippen LogP contribution is -2.36. The van der Waals surface area contributed by atoms with Crippen molar-refractivity contribution in [3.63, 3.8) is 0 Å². The molecule has 0 spiro atoms. The van der Waals surface area contributed by atoms with Crippen molar-refractivity contribution in [1.82, 2.24) is 9.97 Å². The highest BCUT2D eigenvalue weighted by molar-refractivity contribution is 6.09. The lowest BCUT2D eigenvalue weighted by atomic mass is 9.86. The maximum Gasteiger partial charge on any atom is 0.237 e. The molecule has 0 saturated heterocycles. The molecule has 2 aromatic rings. The van der Waals surface area contributed by atoms with Gasteiger partial charge in [-0.05, 0) is 50.8 Å². The summed E-state index contributed by atoms with van der Waals surface area (Å²) in [5.41, 5.74) is 3.86.